The van der Waals surface area contributed by atoms with Gasteiger partial charge in [-0.15, -0.1) is 0 Å². The van der Waals surface area contributed by atoms with E-state index in [1.54, 1.807) is 10.9 Å². The van der Waals surface area contributed by atoms with E-state index >= 15 is 0 Å². The maximum atomic E-state index is 5.18. The summed E-state index contributed by atoms with van der Waals surface area (Å²) in [6.45, 7) is 2.15. The Balaban J connectivity index is 2.20. The van der Waals surface area contributed by atoms with Crippen molar-refractivity contribution in [3.05, 3.63) is 44.9 Å². The minimum absolute atomic E-state index is 0.527. The van der Waals surface area contributed by atoms with Crippen LogP contribution < -0.4 is 0 Å². The number of benzene rings is 1. The summed E-state index contributed by atoms with van der Waals surface area (Å²) in [6, 6.07) is 7.94. The Morgan fingerprint density at radius 2 is 2.16 bits per heavy atom. The van der Waals surface area contributed by atoms with E-state index < -0.39 is 0 Å². The molecular formula is C13H15BrN4S. The van der Waals surface area contributed by atoms with Gasteiger partial charge in [-0.25, -0.2) is 0 Å². The third-order valence-electron chi connectivity index (χ3n) is 2.66. The second kappa shape index (κ2) is 6.77. The van der Waals surface area contributed by atoms with Crippen LogP contribution in [-0.4, -0.2) is 21.1 Å². The Morgan fingerprint density at radius 3 is 2.84 bits per heavy atom. The van der Waals surface area contributed by atoms with Gasteiger partial charge in [0.1, 0.15) is 0 Å². The molecule has 0 atom stereocenters. The van der Waals surface area contributed by atoms with Gasteiger partial charge in [0.25, 0.3) is 0 Å². The minimum atomic E-state index is 0.527. The van der Waals surface area contributed by atoms with Crippen LogP contribution >= 0.6 is 28.1 Å². The first kappa shape index (κ1) is 14.1. The Kier molecular flexibility index (Phi) is 5.04. The molecule has 0 fully saturated rings. The average molecular weight is 339 g/mol. The molecule has 2 aromatic rings. The number of H-pyrrole nitrogens is 1. The molecule has 0 aliphatic heterocycles. The zero-order valence-corrected chi connectivity index (χ0v) is 13.0. The van der Waals surface area contributed by atoms with E-state index in [1.165, 1.54) is 0 Å². The van der Waals surface area contributed by atoms with Crippen molar-refractivity contribution in [3.63, 3.8) is 0 Å². The minimum Gasteiger partial charge on any atom is -0.250 e. The topological polar surface area (TPSA) is 46.0 Å². The van der Waals surface area contributed by atoms with Crippen LogP contribution in [0.4, 0.5) is 0 Å². The van der Waals surface area contributed by atoms with Gasteiger partial charge in [-0.05, 0) is 36.3 Å². The molecule has 0 aliphatic rings. The Labute approximate surface area is 125 Å². The number of nitrogens with zero attached hydrogens (tertiary/aromatic N) is 3. The number of hydrogen-bond acceptors (Lipinski definition) is 3. The predicted octanol–water partition coefficient (Wildman–Crippen LogP) is 3.93. The third kappa shape index (κ3) is 3.84. The molecule has 0 bridgehead atoms. The average Bonchev–Trinajstić information content (AvgIpc) is 2.76. The molecule has 0 radical (unpaired) electrons. The van der Waals surface area contributed by atoms with E-state index in [1.807, 2.05) is 24.3 Å². The number of hydrogen-bond donors (Lipinski definition) is 1. The summed E-state index contributed by atoms with van der Waals surface area (Å²) in [5.41, 5.74) is 1.02. The molecule has 0 amide bonds. The summed E-state index contributed by atoms with van der Waals surface area (Å²) < 4.78 is 3.26. The smallest absolute Gasteiger partial charge is 0.216 e. The van der Waals surface area contributed by atoms with Crippen LogP contribution in [0.3, 0.4) is 0 Å². The normalized spacial score (nSPS) is 11.3. The molecule has 4 nitrogen and oxygen atoms in total. The van der Waals surface area contributed by atoms with E-state index in [9.17, 15) is 0 Å². The summed E-state index contributed by atoms with van der Waals surface area (Å²) in [5, 5.41) is 11.4. The van der Waals surface area contributed by atoms with Crippen molar-refractivity contribution in [2.45, 2.75) is 26.2 Å². The predicted molar refractivity (Wildman–Crippen MR) is 83.2 cm³/mol. The molecule has 1 N–H and O–H groups in total. The number of halogens is 1. The lowest BCUT2D eigenvalue weighted by Gasteiger charge is -1.99. The van der Waals surface area contributed by atoms with Crippen molar-refractivity contribution in [2.75, 3.05) is 0 Å². The lowest BCUT2D eigenvalue weighted by Crippen LogP contribution is -1.99. The van der Waals surface area contributed by atoms with Crippen LogP contribution in [0.15, 0.2) is 33.8 Å². The summed E-state index contributed by atoms with van der Waals surface area (Å²) in [6.07, 6.45) is 4.86. The number of rotatable bonds is 5. The standard InChI is InChI=1S/C13H15BrN4S/c1-2-3-4-12-16-17-13(19)18(12)15-9-10-5-7-11(14)8-6-10/h5-9H,2-4H2,1H3,(H,17,19)/b15-9-. The number of aromatic nitrogens is 3. The number of aromatic amines is 1. The van der Waals surface area contributed by atoms with Gasteiger partial charge in [0.05, 0.1) is 6.21 Å². The number of nitrogens with one attached hydrogen (secondary N) is 1. The van der Waals surface area contributed by atoms with Gasteiger partial charge < -0.3 is 0 Å². The molecule has 0 saturated carbocycles. The highest BCUT2D eigenvalue weighted by atomic mass is 79.9. The third-order valence-corrected chi connectivity index (χ3v) is 3.46. The fourth-order valence-corrected chi connectivity index (χ4v) is 2.08. The monoisotopic (exact) mass is 338 g/mol. The van der Waals surface area contributed by atoms with Gasteiger partial charge in [-0.3, -0.25) is 5.10 Å². The SMILES string of the molecule is CCCCc1n[nH]c(=S)n1/N=C\c1ccc(Br)cc1. The van der Waals surface area contributed by atoms with Crippen molar-refractivity contribution in [1.29, 1.82) is 0 Å². The maximum absolute atomic E-state index is 5.18. The molecule has 0 unspecified atom stereocenters. The summed E-state index contributed by atoms with van der Waals surface area (Å²) in [7, 11) is 0. The summed E-state index contributed by atoms with van der Waals surface area (Å²) >= 11 is 8.59. The van der Waals surface area contributed by atoms with Crippen LogP contribution in [-0.2, 0) is 6.42 Å². The molecule has 0 spiro atoms. The van der Waals surface area contributed by atoms with E-state index in [4.69, 9.17) is 12.2 Å². The lowest BCUT2D eigenvalue weighted by molar-refractivity contribution is 0.700. The molecule has 0 aliphatic carbocycles. The highest BCUT2D eigenvalue weighted by Gasteiger charge is 2.03. The van der Waals surface area contributed by atoms with Crippen LogP contribution in [0.1, 0.15) is 31.2 Å². The van der Waals surface area contributed by atoms with Crippen LogP contribution in [0.5, 0.6) is 0 Å². The summed E-state index contributed by atoms with van der Waals surface area (Å²) in [5.74, 6) is 0.875. The quantitative estimate of drug-likeness (QED) is 0.663. The zero-order valence-electron chi connectivity index (χ0n) is 10.6. The van der Waals surface area contributed by atoms with Crippen LogP contribution in [0.25, 0.3) is 0 Å². The van der Waals surface area contributed by atoms with Crippen LogP contribution in [0, 0.1) is 4.77 Å². The molecule has 2 rings (SSSR count). The highest BCUT2D eigenvalue weighted by Crippen LogP contribution is 2.09. The van der Waals surface area contributed by atoms with E-state index in [0.29, 0.717) is 4.77 Å². The molecule has 19 heavy (non-hydrogen) atoms. The van der Waals surface area contributed by atoms with Crippen molar-refractivity contribution in [2.24, 2.45) is 5.10 Å². The first-order chi connectivity index (χ1) is 9.20. The van der Waals surface area contributed by atoms with Crippen molar-refractivity contribution in [3.8, 4) is 0 Å². The maximum Gasteiger partial charge on any atom is 0.216 e. The van der Waals surface area contributed by atoms with Crippen molar-refractivity contribution >= 4 is 34.4 Å². The first-order valence-electron chi connectivity index (χ1n) is 6.17. The van der Waals surface area contributed by atoms with E-state index in [-0.39, 0.29) is 0 Å². The second-order valence-electron chi connectivity index (χ2n) is 4.16. The van der Waals surface area contributed by atoms with Gasteiger partial charge >= 0.3 is 0 Å². The molecule has 1 heterocycles. The zero-order chi connectivity index (χ0) is 13.7. The van der Waals surface area contributed by atoms with Gasteiger partial charge in [-0.2, -0.15) is 14.9 Å². The molecule has 100 valence electrons. The lowest BCUT2D eigenvalue weighted by atomic mass is 10.2. The molecule has 1 aromatic heterocycles. The van der Waals surface area contributed by atoms with Gasteiger partial charge in [0, 0.05) is 10.9 Å². The molecule has 6 heteroatoms. The van der Waals surface area contributed by atoms with E-state index in [2.05, 4.69) is 38.2 Å². The van der Waals surface area contributed by atoms with Gasteiger partial charge in [-0.1, -0.05) is 41.4 Å². The largest absolute Gasteiger partial charge is 0.250 e. The fourth-order valence-electron chi connectivity index (χ4n) is 1.61. The van der Waals surface area contributed by atoms with Crippen molar-refractivity contribution < 1.29 is 0 Å². The Morgan fingerprint density at radius 1 is 1.42 bits per heavy atom. The Bertz CT molecular complexity index is 612. The first-order valence-corrected chi connectivity index (χ1v) is 7.37. The van der Waals surface area contributed by atoms with Gasteiger partial charge in [0.2, 0.25) is 4.77 Å². The Hall–Kier alpha value is -1.27. The summed E-state index contributed by atoms with van der Waals surface area (Å²) in [4.78, 5) is 0. The fraction of sp³-hybridized carbons (Fsp3) is 0.308. The van der Waals surface area contributed by atoms with Gasteiger partial charge in [0.15, 0.2) is 5.82 Å². The van der Waals surface area contributed by atoms with E-state index in [0.717, 1.165) is 35.1 Å². The van der Waals surface area contributed by atoms with Crippen molar-refractivity contribution in [1.82, 2.24) is 14.9 Å². The number of aryl methyl sites for hydroxylation is 1. The highest BCUT2D eigenvalue weighted by molar-refractivity contribution is 9.10. The molecular weight excluding hydrogens is 324 g/mol. The van der Waals surface area contributed by atoms with Crippen LogP contribution in [0.2, 0.25) is 0 Å². The second-order valence-corrected chi connectivity index (χ2v) is 5.46. The molecule has 0 saturated heterocycles. The molecule has 1 aromatic carbocycles. The number of unbranched alkanes of at least 4 members (excludes halogenated alkanes) is 1.